The third-order valence-electron chi connectivity index (χ3n) is 4.91. The Morgan fingerprint density at radius 3 is 2.31 bits per heavy atom. The molecule has 1 aromatic rings. The first-order valence-corrected chi connectivity index (χ1v) is 8.99. The van der Waals surface area contributed by atoms with Crippen molar-refractivity contribution in [2.24, 2.45) is 5.16 Å². The molecule has 142 valence electrons. The van der Waals surface area contributed by atoms with Gasteiger partial charge in [-0.2, -0.15) is 0 Å². The summed E-state index contributed by atoms with van der Waals surface area (Å²) in [5.41, 5.74) is 1.47. The zero-order valence-corrected chi connectivity index (χ0v) is 15.5. The number of carbonyl (C=O) groups is 1. The number of hydrogen-bond acceptors (Lipinski definition) is 6. The van der Waals surface area contributed by atoms with E-state index in [0.717, 1.165) is 18.4 Å². The predicted molar refractivity (Wildman–Crippen MR) is 97.1 cm³/mol. The van der Waals surface area contributed by atoms with E-state index in [-0.39, 0.29) is 11.9 Å². The van der Waals surface area contributed by atoms with Gasteiger partial charge >= 0.3 is 0 Å². The molecule has 0 bridgehead atoms. The molecule has 2 aliphatic rings. The molecule has 0 saturated heterocycles. The van der Waals surface area contributed by atoms with E-state index in [1.165, 1.54) is 19.3 Å². The topological polar surface area (TPSA) is 78.4 Å². The molecule has 0 spiro atoms. The van der Waals surface area contributed by atoms with Crippen molar-refractivity contribution >= 4 is 11.6 Å². The van der Waals surface area contributed by atoms with Gasteiger partial charge in [-0.1, -0.05) is 24.4 Å². The first-order valence-electron chi connectivity index (χ1n) is 8.99. The normalized spacial score (nSPS) is 20.1. The Labute approximate surface area is 153 Å². The molecule has 7 heteroatoms. The standard InChI is InChI=1S/C19H26N2O5/c1-23-15-9-12(10-16(24-2)18(15)25-3)14-11-17(26-21-14)19(22)20-13-7-5-4-6-8-13/h9-10,13,17H,4-8,11H2,1-3H3,(H,20,22)/t17-/m0/s1. The van der Waals surface area contributed by atoms with E-state index in [9.17, 15) is 4.79 Å². The van der Waals surface area contributed by atoms with Crippen LogP contribution in [0.4, 0.5) is 0 Å². The number of benzene rings is 1. The Hall–Kier alpha value is -2.44. The Kier molecular flexibility index (Phi) is 5.85. The summed E-state index contributed by atoms with van der Waals surface area (Å²) in [6.45, 7) is 0. The van der Waals surface area contributed by atoms with Crippen LogP contribution in [0.1, 0.15) is 44.1 Å². The molecule has 1 amide bonds. The first-order chi connectivity index (χ1) is 12.7. The summed E-state index contributed by atoms with van der Waals surface area (Å²) in [6, 6.07) is 3.88. The molecule has 1 aromatic carbocycles. The van der Waals surface area contributed by atoms with Gasteiger partial charge in [0.05, 0.1) is 27.0 Å². The zero-order chi connectivity index (χ0) is 18.5. The lowest BCUT2D eigenvalue weighted by atomic mass is 9.95. The van der Waals surface area contributed by atoms with Crippen molar-refractivity contribution in [1.82, 2.24) is 5.32 Å². The highest BCUT2D eigenvalue weighted by Crippen LogP contribution is 2.39. The molecule has 1 aliphatic carbocycles. The van der Waals surface area contributed by atoms with Crippen LogP contribution in [0.2, 0.25) is 0 Å². The van der Waals surface area contributed by atoms with E-state index in [2.05, 4.69) is 10.5 Å². The highest BCUT2D eigenvalue weighted by Gasteiger charge is 2.31. The van der Waals surface area contributed by atoms with Gasteiger partial charge in [0.1, 0.15) is 0 Å². The molecule has 1 aliphatic heterocycles. The minimum Gasteiger partial charge on any atom is -0.493 e. The van der Waals surface area contributed by atoms with Gasteiger partial charge in [-0.25, -0.2) is 0 Å². The second-order valence-electron chi connectivity index (χ2n) is 6.59. The summed E-state index contributed by atoms with van der Waals surface area (Å²) in [5.74, 6) is 1.51. The Morgan fingerprint density at radius 1 is 1.08 bits per heavy atom. The number of oxime groups is 1. The molecule has 0 radical (unpaired) electrons. The molecule has 1 fully saturated rings. The van der Waals surface area contributed by atoms with Crippen LogP contribution < -0.4 is 19.5 Å². The van der Waals surface area contributed by atoms with E-state index in [4.69, 9.17) is 19.0 Å². The Balaban J connectivity index is 1.69. The average Bonchev–Trinajstić information content (AvgIpc) is 3.18. The third-order valence-corrected chi connectivity index (χ3v) is 4.91. The van der Waals surface area contributed by atoms with Gasteiger partial charge in [0.2, 0.25) is 11.9 Å². The van der Waals surface area contributed by atoms with E-state index < -0.39 is 6.10 Å². The molecule has 26 heavy (non-hydrogen) atoms. The molecule has 1 atom stereocenters. The largest absolute Gasteiger partial charge is 0.493 e. The summed E-state index contributed by atoms with van der Waals surface area (Å²) in [7, 11) is 4.69. The minimum absolute atomic E-state index is 0.0944. The number of carbonyl (C=O) groups excluding carboxylic acids is 1. The third kappa shape index (κ3) is 3.86. The number of methoxy groups -OCH3 is 3. The fourth-order valence-electron chi connectivity index (χ4n) is 3.48. The van der Waals surface area contributed by atoms with Crippen molar-refractivity contribution < 1.29 is 23.8 Å². The fourth-order valence-corrected chi connectivity index (χ4v) is 3.48. The van der Waals surface area contributed by atoms with Crippen molar-refractivity contribution in [2.75, 3.05) is 21.3 Å². The van der Waals surface area contributed by atoms with Crippen LogP contribution in [-0.2, 0) is 9.63 Å². The van der Waals surface area contributed by atoms with Gasteiger partial charge in [0.15, 0.2) is 11.5 Å². The quantitative estimate of drug-likeness (QED) is 0.842. The molecular weight excluding hydrogens is 336 g/mol. The summed E-state index contributed by atoms with van der Waals surface area (Å²) in [4.78, 5) is 17.8. The number of hydrogen-bond donors (Lipinski definition) is 1. The smallest absolute Gasteiger partial charge is 0.264 e. The summed E-state index contributed by atoms with van der Waals surface area (Å²) < 4.78 is 16.1. The Morgan fingerprint density at radius 2 is 1.73 bits per heavy atom. The molecule has 1 N–H and O–H groups in total. The van der Waals surface area contributed by atoms with Gasteiger partial charge in [-0.3, -0.25) is 4.79 Å². The van der Waals surface area contributed by atoms with E-state index in [1.54, 1.807) is 21.3 Å². The lowest BCUT2D eigenvalue weighted by molar-refractivity contribution is -0.132. The lowest BCUT2D eigenvalue weighted by Gasteiger charge is -2.23. The van der Waals surface area contributed by atoms with Crippen molar-refractivity contribution in [3.05, 3.63) is 17.7 Å². The van der Waals surface area contributed by atoms with E-state index in [1.807, 2.05) is 12.1 Å². The second-order valence-corrected chi connectivity index (χ2v) is 6.59. The predicted octanol–water partition coefficient (Wildman–Crippen LogP) is 2.65. The average molecular weight is 362 g/mol. The van der Waals surface area contributed by atoms with Crippen molar-refractivity contribution in [3.8, 4) is 17.2 Å². The maximum absolute atomic E-state index is 12.5. The molecule has 0 unspecified atom stereocenters. The van der Waals surface area contributed by atoms with Crippen LogP contribution in [0.25, 0.3) is 0 Å². The van der Waals surface area contributed by atoms with Crippen molar-refractivity contribution in [1.29, 1.82) is 0 Å². The van der Waals surface area contributed by atoms with Crippen LogP contribution in [0.15, 0.2) is 17.3 Å². The maximum Gasteiger partial charge on any atom is 0.264 e. The maximum atomic E-state index is 12.5. The minimum atomic E-state index is -0.592. The summed E-state index contributed by atoms with van der Waals surface area (Å²) >= 11 is 0. The molecule has 3 rings (SSSR count). The number of nitrogens with zero attached hydrogens (tertiary/aromatic N) is 1. The van der Waals surface area contributed by atoms with Crippen LogP contribution in [0, 0.1) is 0 Å². The second kappa shape index (κ2) is 8.29. The fraction of sp³-hybridized carbons (Fsp3) is 0.579. The number of rotatable bonds is 6. The van der Waals surface area contributed by atoms with Crippen molar-refractivity contribution in [3.63, 3.8) is 0 Å². The van der Waals surface area contributed by atoms with Gasteiger partial charge < -0.3 is 24.4 Å². The highest BCUT2D eigenvalue weighted by molar-refractivity contribution is 6.04. The van der Waals surface area contributed by atoms with Crippen LogP contribution in [-0.4, -0.2) is 45.1 Å². The summed E-state index contributed by atoms with van der Waals surface area (Å²) in [6.07, 6.45) is 5.49. The van der Waals surface area contributed by atoms with Gasteiger partial charge in [-0.15, -0.1) is 0 Å². The lowest BCUT2D eigenvalue weighted by Crippen LogP contribution is -2.42. The molecule has 7 nitrogen and oxygen atoms in total. The van der Waals surface area contributed by atoms with Gasteiger partial charge in [0, 0.05) is 18.0 Å². The monoisotopic (exact) mass is 362 g/mol. The van der Waals surface area contributed by atoms with Crippen molar-refractivity contribution in [2.45, 2.75) is 50.7 Å². The molecule has 1 heterocycles. The Bertz CT molecular complexity index is 658. The van der Waals surface area contributed by atoms with E-state index in [0.29, 0.717) is 29.4 Å². The zero-order valence-electron chi connectivity index (χ0n) is 15.5. The number of amides is 1. The van der Waals surface area contributed by atoms with Crippen LogP contribution in [0.5, 0.6) is 17.2 Å². The molecular formula is C19H26N2O5. The van der Waals surface area contributed by atoms with Gasteiger partial charge in [0.25, 0.3) is 5.91 Å². The SMILES string of the molecule is COc1cc(C2=NO[C@H](C(=O)NC3CCCCC3)C2)cc(OC)c1OC. The number of nitrogens with one attached hydrogen (secondary N) is 1. The molecule has 1 saturated carbocycles. The first kappa shape index (κ1) is 18.4. The van der Waals surface area contributed by atoms with Crippen LogP contribution >= 0.6 is 0 Å². The number of ether oxygens (including phenoxy) is 3. The van der Waals surface area contributed by atoms with Gasteiger partial charge in [-0.05, 0) is 25.0 Å². The summed E-state index contributed by atoms with van der Waals surface area (Å²) in [5, 5.41) is 7.20. The van der Waals surface area contributed by atoms with E-state index >= 15 is 0 Å². The highest BCUT2D eigenvalue weighted by atomic mass is 16.6. The molecule has 0 aromatic heterocycles. The van der Waals surface area contributed by atoms with Crippen LogP contribution in [0.3, 0.4) is 0 Å².